The van der Waals surface area contributed by atoms with E-state index in [9.17, 15) is 9.59 Å². The molecular formula is C19H19NO3. The smallest absolute Gasteiger partial charge is 0.268 e. The molecule has 0 fully saturated rings. The molecule has 4 nitrogen and oxygen atoms in total. The standard InChI is InChI=1S/C19H19NO3/c1-2-8-18(22)20-19(15-10-4-3-5-11-15)17(21)13-14-9-6-7-12-16(14)23-19/h3-7,9-12H,2,8,13H2,1H3,(H,20,22). The first-order valence-electron chi connectivity index (χ1n) is 7.82. The van der Waals surface area contributed by atoms with Gasteiger partial charge in [-0.2, -0.15) is 0 Å². The first-order valence-corrected chi connectivity index (χ1v) is 7.82. The number of carbonyl (C=O) groups excluding carboxylic acids is 2. The predicted octanol–water partition coefficient (Wildman–Crippen LogP) is 2.96. The highest BCUT2D eigenvalue weighted by atomic mass is 16.5. The Kier molecular flexibility index (Phi) is 4.15. The van der Waals surface area contributed by atoms with Crippen LogP contribution in [0.1, 0.15) is 30.9 Å². The van der Waals surface area contributed by atoms with Gasteiger partial charge in [0.05, 0.1) is 0 Å². The third kappa shape index (κ3) is 2.84. The molecule has 1 heterocycles. The lowest BCUT2D eigenvalue weighted by Gasteiger charge is -2.38. The number of para-hydroxylation sites is 1. The van der Waals surface area contributed by atoms with E-state index in [1.165, 1.54) is 0 Å². The van der Waals surface area contributed by atoms with Gasteiger partial charge >= 0.3 is 0 Å². The second-order valence-electron chi connectivity index (χ2n) is 5.66. The molecule has 1 aliphatic heterocycles. The van der Waals surface area contributed by atoms with Crippen molar-refractivity contribution in [2.75, 3.05) is 0 Å². The molecule has 1 amide bonds. The van der Waals surface area contributed by atoms with Crippen molar-refractivity contribution >= 4 is 11.7 Å². The van der Waals surface area contributed by atoms with Gasteiger partial charge in [-0.15, -0.1) is 0 Å². The fourth-order valence-electron chi connectivity index (χ4n) is 2.81. The highest BCUT2D eigenvalue weighted by Gasteiger charge is 2.46. The number of amides is 1. The first kappa shape index (κ1) is 15.3. The zero-order valence-electron chi connectivity index (χ0n) is 13.0. The fourth-order valence-corrected chi connectivity index (χ4v) is 2.81. The first-order chi connectivity index (χ1) is 11.2. The third-order valence-corrected chi connectivity index (χ3v) is 3.95. The Bertz CT molecular complexity index is 726. The van der Waals surface area contributed by atoms with Crippen molar-refractivity contribution in [1.29, 1.82) is 0 Å². The molecule has 2 aromatic rings. The number of carbonyl (C=O) groups is 2. The van der Waals surface area contributed by atoms with E-state index in [2.05, 4.69) is 5.32 Å². The van der Waals surface area contributed by atoms with Crippen molar-refractivity contribution < 1.29 is 14.3 Å². The second kappa shape index (κ2) is 6.24. The largest absolute Gasteiger partial charge is 0.456 e. The number of hydrogen-bond acceptors (Lipinski definition) is 3. The van der Waals surface area contributed by atoms with Crippen LogP contribution in [0.25, 0.3) is 0 Å². The van der Waals surface area contributed by atoms with Gasteiger partial charge in [0, 0.05) is 24.0 Å². The Morgan fingerprint density at radius 3 is 2.57 bits per heavy atom. The van der Waals surface area contributed by atoms with Crippen molar-refractivity contribution in [3.05, 3.63) is 65.7 Å². The Balaban J connectivity index is 2.06. The van der Waals surface area contributed by atoms with Gasteiger partial charge in [0.2, 0.25) is 11.7 Å². The Morgan fingerprint density at radius 2 is 1.83 bits per heavy atom. The summed E-state index contributed by atoms with van der Waals surface area (Å²) in [5.41, 5.74) is 0.0414. The van der Waals surface area contributed by atoms with Crippen molar-refractivity contribution in [3.8, 4) is 5.75 Å². The molecule has 23 heavy (non-hydrogen) atoms. The summed E-state index contributed by atoms with van der Waals surface area (Å²) in [6, 6.07) is 16.6. The van der Waals surface area contributed by atoms with Crippen LogP contribution < -0.4 is 10.1 Å². The summed E-state index contributed by atoms with van der Waals surface area (Å²) < 4.78 is 6.05. The van der Waals surface area contributed by atoms with E-state index in [1.54, 1.807) is 12.1 Å². The molecule has 0 saturated heterocycles. The molecule has 0 bridgehead atoms. The SMILES string of the molecule is CCCC(=O)NC1(c2ccccc2)Oc2ccccc2CC1=O. The van der Waals surface area contributed by atoms with Crippen LogP contribution in [0.4, 0.5) is 0 Å². The van der Waals surface area contributed by atoms with E-state index in [4.69, 9.17) is 4.74 Å². The molecule has 2 aromatic carbocycles. The van der Waals surface area contributed by atoms with Crippen LogP contribution in [0, 0.1) is 0 Å². The molecule has 0 spiro atoms. The van der Waals surface area contributed by atoms with Crippen molar-refractivity contribution in [2.45, 2.75) is 31.9 Å². The number of fused-ring (bicyclic) bond motifs is 1. The minimum Gasteiger partial charge on any atom is -0.456 e. The molecule has 0 radical (unpaired) electrons. The van der Waals surface area contributed by atoms with Crippen molar-refractivity contribution in [2.24, 2.45) is 0 Å². The van der Waals surface area contributed by atoms with E-state index < -0.39 is 5.72 Å². The van der Waals surface area contributed by atoms with E-state index in [1.807, 2.05) is 49.4 Å². The van der Waals surface area contributed by atoms with Gasteiger partial charge in [0.25, 0.3) is 5.72 Å². The van der Waals surface area contributed by atoms with Crippen LogP contribution in [0.2, 0.25) is 0 Å². The number of Topliss-reactive ketones (excluding diaryl/α,β-unsaturated/α-hetero) is 1. The number of ketones is 1. The zero-order chi connectivity index (χ0) is 16.3. The maximum atomic E-state index is 12.9. The molecule has 3 rings (SSSR count). The van der Waals surface area contributed by atoms with Crippen LogP contribution in [0.5, 0.6) is 5.75 Å². The van der Waals surface area contributed by atoms with Crippen LogP contribution in [0.15, 0.2) is 54.6 Å². The van der Waals surface area contributed by atoms with Gasteiger partial charge in [0.1, 0.15) is 5.75 Å². The second-order valence-corrected chi connectivity index (χ2v) is 5.66. The quantitative estimate of drug-likeness (QED) is 0.944. The maximum Gasteiger partial charge on any atom is 0.268 e. The Morgan fingerprint density at radius 1 is 1.13 bits per heavy atom. The van der Waals surface area contributed by atoms with Crippen LogP contribution in [0.3, 0.4) is 0 Å². The van der Waals surface area contributed by atoms with E-state index in [0.717, 1.165) is 5.56 Å². The van der Waals surface area contributed by atoms with Gasteiger partial charge in [0.15, 0.2) is 0 Å². The number of hydrogen-bond donors (Lipinski definition) is 1. The van der Waals surface area contributed by atoms with Crippen molar-refractivity contribution in [3.63, 3.8) is 0 Å². The molecule has 1 aliphatic rings. The molecule has 1 unspecified atom stereocenters. The summed E-state index contributed by atoms with van der Waals surface area (Å²) >= 11 is 0. The maximum absolute atomic E-state index is 12.9. The summed E-state index contributed by atoms with van der Waals surface area (Å²) in [5.74, 6) is 0.281. The number of ether oxygens (including phenoxy) is 1. The van der Waals surface area contributed by atoms with Gasteiger partial charge < -0.3 is 10.1 Å². The summed E-state index contributed by atoms with van der Waals surface area (Å²) in [6.45, 7) is 1.92. The summed E-state index contributed by atoms with van der Waals surface area (Å²) in [6.07, 6.45) is 1.30. The molecule has 0 aromatic heterocycles. The van der Waals surface area contributed by atoms with Crippen LogP contribution in [-0.2, 0) is 21.7 Å². The highest BCUT2D eigenvalue weighted by Crippen LogP contribution is 2.35. The monoisotopic (exact) mass is 309 g/mol. The molecule has 4 heteroatoms. The Hall–Kier alpha value is -2.62. The summed E-state index contributed by atoms with van der Waals surface area (Å²) in [5, 5.41) is 2.83. The average molecular weight is 309 g/mol. The summed E-state index contributed by atoms with van der Waals surface area (Å²) in [7, 11) is 0. The zero-order valence-corrected chi connectivity index (χ0v) is 13.0. The van der Waals surface area contributed by atoms with Gasteiger partial charge in [-0.25, -0.2) is 0 Å². The highest BCUT2D eigenvalue weighted by molar-refractivity contribution is 5.95. The Labute approximate surface area is 135 Å². The fraction of sp³-hybridized carbons (Fsp3) is 0.263. The van der Waals surface area contributed by atoms with Gasteiger partial charge in [-0.05, 0) is 12.5 Å². The molecule has 0 saturated carbocycles. The average Bonchev–Trinajstić information content (AvgIpc) is 2.56. The topological polar surface area (TPSA) is 55.4 Å². The molecule has 1 N–H and O–H groups in total. The van der Waals surface area contributed by atoms with Gasteiger partial charge in [-0.1, -0.05) is 55.5 Å². The van der Waals surface area contributed by atoms with Crippen molar-refractivity contribution in [1.82, 2.24) is 5.32 Å². The lowest BCUT2D eigenvalue weighted by molar-refractivity contribution is -0.146. The van der Waals surface area contributed by atoms with E-state index in [0.29, 0.717) is 24.2 Å². The third-order valence-electron chi connectivity index (χ3n) is 3.95. The molecular weight excluding hydrogens is 290 g/mol. The number of nitrogens with one attached hydrogen (secondary N) is 1. The molecule has 118 valence electrons. The predicted molar refractivity (Wildman–Crippen MR) is 87.0 cm³/mol. The van der Waals surface area contributed by atoms with Gasteiger partial charge in [-0.3, -0.25) is 9.59 Å². The van der Waals surface area contributed by atoms with E-state index in [-0.39, 0.29) is 18.1 Å². The number of benzene rings is 2. The number of rotatable bonds is 4. The van der Waals surface area contributed by atoms with Crippen LogP contribution in [-0.4, -0.2) is 11.7 Å². The van der Waals surface area contributed by atoms with Crippen LogP contribution >= 0.6 is 0 Å². The molecule has 0 aliphatic carbocycles. The van der Waals surface area contributed by atoms with E-state index >= 15 is 0 Å². The lowest BCUT2D eigenvalue weighted by Crippen LogP contribution is -2.58. The summed E-state index contributed by atoms with van der Waals surface area (Å²) in [4.78, 5) is 25.1. The minimum atomic E-state index is -1.44. The minimum absolute atomic E-state index is 0.160. The lowest BCUT2D eigenvalue weighted by atomic mass is 9.90. The molecule has 1 atom stereocenters. The normalized spacial score (nSPS) is 19.6.